The third-order valence-corrected chi connectivity index (χ3v) is 3.77. The molecule has 0 saturated carbocycles. The van der Waals surface area contributed by atoms with Crippen LogP contribution in [0.4, 0.5) is 0 Å². The summed E-state index contributed by atoms with van der Waals surface area (Å²) in [5, 5.41) is 6.76. The van der Waals surface area contributed by atoms with Gasteiger partial charge >= 0.3 is 0 Å². The highest BCUT2D eigenvalue weighted by atomic mass is 15.0. The van der Waals surface area contributed by atoms with Gasteiger partial charge in [0.15, 0.2) is 5.96 Å². The van der Waals surface area contributed by atoms with E-state index in [9.17, 15) is 0 Å². The predicted octanol–water partition coefficient (Wildman–Crippen LogP) is 2.36. The Morgan fingerprint density at radius 3 is 1.73 bits per heavy atom. The number of nitrogens with one attached hydrogen (secondary N) is 2. The third kappa shape index (κ3) is 19.2. The van der Waals surface area contributed by atoms with Crippen LogP contribution in [0.1, 0.15) is 71.1 Å². The van der Waals surface area contributed by atoms with Gasteiger partial charge in [0.05, 0.1) is 6.54 Å². The molecule has 0 amide bonds. The Morgan fingerprint density at radius 1 is 0.682 bits per heavy atom. The van der Waals surface area contributed by atoms with Gasteiger partial charge in [0, 0.05) is 19.6 Å². The minimum atomic E-state index is 0.167. The Labute approximate surface area is 137 Å². The topological polar surface area (TPSA) is 88.5 Å². The Morgan fingerprint density at radius 2 is 1.18 bits per heavy atom. The predicted molar refractivity (Wildman–Crippen MR) is 98.3 cm³/mol. The molecule has 0 fully saturated rings. The molecule has 0 radical (unpaired) electrons. The molecule has 5 heteroatoms. The zero-order valence-corrected chi connectivity index (χ0v) is 14.7. The molecular weight excluding hydrogens is 274 g/mol. The Balaban J connectivity index is 2.98. The third-order valence-electron chi connectivity index (χ3n) is 3.77. The average Bonchev–Trinajstić information content (AvgIpc) is 2.50. The quantitative estimate of drug-likeness (QED) is 0.189. The molecule has 0 aliphatic carbocycles. The summed E-state index contributed by atoms with van der Waals surface area (Å²) in [5.41, 5.74) is 10.5. The van der Waals surface area contributed by atoms with Gasteiger partial charge in [0.1, 0.15) is 0 Å². The number of nitrogens with two attached hydrogens (primary N) is 2. The van der Waals surface area contributed by atoms with Crippen LogP contribution < -0.4 is 22.1 Å². The lowest BCUT2D eigenvalue weighted by molar-refractivity contribution is 0.539. The van der Waals surface area contributed by atoms with E-state index >= 15 is 0 Å². The summed E-state index contributed by atoms with van der Waals surface area (Å²) in [6.45, 7) is 6.87. The maximum absolute atomic E-state index is 5.25. The summed E-state index contributed by atoms with van der Waals surface area (Å²) < 4.78 is 0. The molecule has 0 aromatic heterocycles. The molecule has 0 unspecified atom stereocenters. The van der Waals surface area contributed by atoms with E-state index in [-0.39, 0.29) is 5.96 Å². The molecular formula is C17H39N5. The second-order valence-electron chi connectivity index (χ2n) is 5.99. The fourth-order valence-corrected chi connectivity index (χ4v) is 2.43. The average molecular weight is 314 g/mol. The van der Waals surface area contributed by atoms with E-state index in [1.54, 1.807) is 0 Å². The van der Waals surface area contributed by atoms with E-state index < -0.39 is 0 Å². The van der Waals surface area contributed by atoms with Crippen molar-refractivity contribution in [3.05, 3.63) is 0 Å². The molecule has 22 heavy (non-hydrogen) atoms. The van der Waals surface area contributed by atoms with Crippen LogP contribution in [0.2, 0.25) is 0 Å². The second kappa shape index (κ2) is 18.2. The van der Waals surface area contributed by atoms with Crippen molar-refractivity contribution in [3.8, 4) is 0 Å². The van der Waals surface area contributed by atoms with Crippen LogP contribution in [-0.4, -0.2) is 38.7 Å². The highest BCUT2D eigenvalue weighted by Gasteiger charge is 1.93. The second-order valence-corrected chi connectivity index (χ2v) is 5.99. The SMILES string of the molecule is CCCCCCCCCCCCNCCNCCN=C(N)N. The summed E-state index contributed by atoms with van der Waals surface area (Å²) in [7, 11) is 0. The van der Waals surface area contributed by atoms with E-state index in [4.69, 9.17) is 11.5 Å². The van der Waals surface area contributed by atoms with Crippen molar-refractivity contribution in [2.75, 3.05) is 32.7 Å². The first-order chi connectivity index (χ1) is 10.8. The van der Waals surface area contributed by atoms with E-state index in [1.807, 2.05) is 0 Å². The number of aliphatic imine (C=N–C) groups is 1. The van der Waals surface area contributed by atoms with Crippen LogP contribution in [0.3, 0.4) is 0 Å². The molecule has 0 aromatic carbocycles. The lowest BCUT2D eigenvalue weighted by Gasteiger charge is -2.06. The van der Waals surface area contributed by atoms with Gasteiger partial charge in [0.2, 0.25) is 0 Å². The number of hydrogen-bond donors (Lipinski definition) is 4. The van der Waals surface area contributed by atoms with Crippen molar-refractivity contribution in [3.63, 3.8) is 0 Å². The minimum Gasteiger partial charge on any atom is -0.370 e. The fraction of sp³-hybridized carbons (Fsp3) is 0.941. The highest BCUT2D eigenvalue weighted by molar-refractivity contribution is 5.75. The van der Waals surface area contributed by atoms with Crippen molar-refractivity contribution in [2.45, 2.75) is 71.1 Å². The standard InChI is InChI=1S/C17H39N5/c1-2-3-4-5-6-7-8-9-10-11-12-20-13-14-21-15-16-22-17(18)19/h20-21H,2-16H2,1H3,(H4,18,19,22). The summed E-state index contributed by atoms with van der Waals surface area (Å²) in [6.07, 6.45) is 14.0. The largest absolute Gasteiger partial charge is 0.370 e. The molecule has 0 spiro atoms. The minimum absolute atomic E-state index is 0.167. The number of hydrogen-bond acceptors (Lipinski definition) is 3. The van der Waals surface area contributed by atoms with E-state index in [0.717, 1.165) is 26.2 Å². The van der Waals surface area contributed by atoms with Gasteiger partial charge in [-0.15, -0.1) is 0 Å². The monoisotopic (exact) mass is 313 g/mol. The zero-order valence-electron chi connectivity index (χ0n) is 14.7. The van der Waals surface area contributed by atoms with Gasteiger partial charge in [-0.1, -0.05) is 64.7 Å². The first-order valence-corrected chi connectivity index (χ1v) is 9.24. The van der Waals surface area contributed by atoms with E-state index in [1.165, 1.54) is 64.2 Å². The van der Waals surface area contributed by atoms with Crippen molar-refractivity contribution >= 4 is 5.96 Å². The smallest absolute Gasteiger partial charge is 0.185 e. The van der Waals surface area contributed by atoms with E-state index in [2.05, 4.69) is 22.5 Å². The molecule has 0 atom stereocenters. The Hall–Kier alpha value is -0.810. The Kier molecular flexibility index (Phi) is 17.6. The molecule has 0 rings (SSSR count). The summed E-state index contributed by atoms with van der Waals surface area (Å²) in [6, 6.07) is 0. The van der Waals surface area contributed by atoms with Crippen LogP contribution in [0.5, 0.6) is 0 Å². The molecule has 0 aromatic rings. The summed E-state index contributed by atoms with van der Waals surface area (Å²) >= 11 is 0. The van der Waals surface area contributed by atoms with Crippen LogP contribution in [-0.2, 0) is 0 Å². The van der Waals surface area contributed by atoms with Crippen molar-refractivity contribution in [1.82, 2.24) is 10.6 Å². The molecule has 0 bridgehead atoms. The molecule has 132 valence electrons. The number of unbranched alkanes of at least 4 members (excludes halogenated alkanes) is 9. The first-order valence-electron chi connectivity index (χ1n) is 9.24. The van der Waals surface area contributed by atoms with Gasteiger partial charge in [-0.05, 0) is 13.0 Å². The van der Waals surface area contributed by atoms with E-state index in [0.29, 0.717) is 6.54 Å². The molecule has 0 heterocycles. The number of nitrogens with zero attached hydrogens (tertiary/aromatic N) is 1. The van der Waals surface area contributed by atoms with Crippen LogP contribution in [0.15, 0.2) is 4.99 Å². The van der Waals surface area contributed by atoms with Gasteiger partial charge < -0.3 is 22.1 Å². The highest BCUT2D eigenvalue weighted by Crippen LogP contribution is 2.10. The fourth-order valence-electron chi connectivity index (χ4n) is 2.43. The van der Waals surface area contributed by atoms with Crippen LogP contribution in [0, 0.1) is 0 Å². The lowest BCUT2D eigenvalue weighted by Crippen LogP contribution is -2.30. The van der Waals surface area contributed by atoms with Gasteiger partial charge in [-0.25, -0.2) is 0 Å². The maximum Gasteiger partial charge on any atom is 0.185 e. The van der Waals surface area contributed by atoms with Gasteiger partial charge in [-0.2, -0.15) is 0 Å². The Bertz CT molecular complexity index is 239. The maximum atomic E-state index is 5.25. The summed E-state index contributed by atoms with van der Waals surface area (Å²) in [4.78, 5) is 3.92. The zero-order chi connectivity index (χ0) is 16.3. The molecule has 0 saturated heterocycles. The molecule has 0 aliphatic heterocycles. The van der Waals surface area contributed by atoms with Gasteiger partial charge in [-0.3, -0.25) is 4.99 Å². The van der Waals surface area contributed by atoms with Crippen molar-refractivity contribution in [1.29, 1.82) is 0 Å². The molecule has 5 nitrogen and oxygen atoms in total. The van der Waals surface area contributed by atoms with Crippen molar-refractivity contribution in [2.24, 2.45) is 16.5 Å². The summed E-state index contributed by atoms with van der Waals surface area (Å²) in [5.74, 6) is 0.167. The van der Waals surface area contributed by atoms with Crippen molar-refractivity contribution < 1.29 is 0 Å². The first kappa shape index (κ1) is 21.2. The number of guanidine groups is 1. The van der Waals surface area contributed by atoms with Crippen LogP contribution in [0.25, 0.3) is 0 Å². The lowest BCUT2D eigenvalue weighted by atomic mass is 10.1. The van der Waals surface area contributed by atoms with Crippen LogP contribution >= 0.6 is 0 Å². The van der Waals surface area contributed by atoms with Gasteiger partial charge in [0.25, 0.3) is 0 Å². The molecule has 6 N–H and O–H groups in total. The normalized spacial score (nSPS) is 10.8. The number of rotatable bonds is 17. The molecule has 0 aliphatic rings.